The molecule has 0 bridgehead atoms. The first-order chi connectivity index (χ1) is 9.58. The summed E-state index contributed by atoms with van der Waals surface area (Å²) in [5.74, 6) is -1.18. The van der Waals surface area contributed by atoms with Gasteiger partial charge in [0, 0.05) is 18.8 Å². The van der Waals surface area contributed by atoms with Crippen molar-refractivity contribution >= 4 is 17.6 Å². The average molecular weight is 279 g/mol. The molecule has 110 valence electrons. The third kappa shape index (κ3) is 4.91. The van der Waals surface area contributed by atoms with E-state index in [4.69, 9.17) is 9.84 Å². The Labute approximate surface area is 119 Å². The Kier molecular flexibility index (Phi) is 6.56. The number of nitrogens with zero attached hydrogens (tertiary/aromatic N) is 1. The van der Waals surface area contributed by atoms with Crippen LogP contribution in [0.25, 0.3) is 0 Å². The van der Waals surface area contributed by atoms with Gasteiger partial charge in [-0.05, 0) is 31.5 Å². The van der Waals surface area contributed by atoms with Crippen molar-refractivity contribution in [2.45, 2.75) is 26.7 Å². The molecule has 0 radical (unpaired) electrons. The number of carboxylic acid groups (broad SMARTS) is 1. The summed E-state index contributed by atoms with van der Waals surface area (Å²) in [5.41, 5.74) is 1.32. The van der Waals surface area contributed by atoms with E-state index in [0.29, 0.717) is 25.3 Å². The highest BCUT2D eigenvalue weighted by Gasteiger charge is 2.11. The molecule has 0 fully saturated rings. The lowest BCUT2D eigenvalue weighted by Crippen LogP contribution is -2.26. The highest BCUT2D eigenvalue weighted by atomic mass is 16.5. The van der Waals surface area contributed by atoms with Gasteiger partial charge in [0.25, 0.3) is 0 Å². The number of carboxylic acids is 1. The largest absolute Gasteiger partial charge is 0.481 e. The quantitative estimate of drug-likeness (QED) is 0.741. The Morgan fingerprint density at radius 3 is 2.65 bits per heavy atom. The molecule has 0 atom stereocenters. The lowest BCUT2D eigenvalue weighted by atomic mass is 10.2. The van der Waals surface area contributed by atoms with E-state index in [1.165, 1.54) is 0 Å². The molecule has 5 nitrogen and oxygen atoms in total. The van der Waals surface area contributed by atoms with Crippen molar-refractivity contribution in [3.8, 4) is 0 Å². The van der Waals surface area contributed by atoms with Crippen molar-refractivity contribution in [3.05, 3.63) is 29.8 Å². The molecule has 0 saturated carbocycles. The molecular weight excluding hydrogens is 258 g/mol. The summed E-state index contributed by atoms with van der Waals surface area (Å²) in [4.78, 5) is 24.4. The lowest BCUT2D eigenvalue weighted by Gasteiger charge is -2.22. The number of carbonyl (C=O) groups is 2. The molecule has 0 unspecified atom stereocenters. The number of aliphatic carboxylic acids is 1. The molecule has 5 heteroatoms. The smallest absolute Gasteiger partial charge is 0.338 e. The number of hydrogen-bond acceptors (Lipinski definition) is 4. The van der Waals surface area contributed by atoms with Crippen LogP contribution in [0.5, 0.6) is 0 Å². The average Bonchev–Trinajstić information content (AvgIpc) is 2.45. The summed E-state index contributed by atoms with van der Waals surface area (Å²) in [6.07, 6.45) is 0.851. The second kappa shape index (κ2) is 8.19. The van der Waals surface area contributed by atoms with Crippen molar-refractivity contribution in [1.29, 1.82) is 0 Å². The molecule has 20 heavy (non-hydrogen) atoms. The number of hydrogen-bond donors (Lipinski definition) is 1. The Bertz CT molecular complexity index is 459. The zero-order valence-electron chi connectivity index (χ0n) is 12.0. The second-order valence-corrected chi connectivity index (χ2v) is 4.41. The Morgan fingerprint density at radius 1 is 1.30 bits per heavy atom. The topological polar surface area (TPSA) is 66.8 Å². The maximum atomic E-state index is 11.8. The maximum Gasteiger partial charge on any atom is 0.338 e. The van der Waals surface area contributed by atoms with Crippen LogP contribution in [0.2, 0.25) is 0 Å². The number of esters is 1. The third-order valence-corrected chi connectivity index (χ3v) is 2.86. The zero-order chi connectivity index (χ0) is 15.0. The lowest BCUT2D eigenvalue weighted by molar-refractivity contribution is -0.136. The zero-order valence-corrected chi connectivity index (χ0v) is 12.0. The van der Waals surface area contributed by atoms with Crippen LogP contribution < -0.4 is 4.90 Å². The third-order valence-electron chi connectivity index (χ3n) is 2.86. The normalized spacial score (nSPS) is 10.1. The first kappa shape index (κ1) is 16.0. The van der Waals surface area contributed by atoms with E-state index in [9.17, 15) is 9.59 Å². The first-order valence-corrected chi connectivity index (χ1v) is 6.82. The van der Waals surface area contributed by atoms with Gasteiger partial charge >= 0.3 is 11.9 Å². The van der Waals surface area contributed by atoms with E-state index < -0.39 is 5.97 Å². The number of benzene rings is 1. The predicted molar refractivity (Wildman–Crippen MR) is 77.2 cm³/mol. The van der Waals surface area contributed by atoms with Gasteiger partial charge in [-0.25, -0.2) is 4.79 Å². The molecule has 0 saturated heterocycles. The fraction of sp³-hybridized carbons (Fsp3) is 0.467. The minimum Gasteiger partial charge on any atom is -0.481 e. The molecule has 0 aromatic heterocycles. The van der Waals surface area contributed by atoms with Gasteiger partial charge in [0.05, 0.1) is 18.6 Å². The first-order valence-electron chi connectivity index (χ1n) is 6.82. The van der Waals surface area contributed by atoms with Gasteiger partial charge in [-0.1, -0.05) is 13.0 Å². The number of ether oxygens (including phenoxy) is 1. The van der Waals surface area contributed by atoms with Crippen molar-refractivity contribution in [2.24, 2.45) is 0 Å². The van der Waals surface area contributed by atoms with Crippen molar-refractivity contribution in [2.75, 3.05) is 24.6 Å². The molecule has 0 aliphatic heterocycles. The van der Waals surface area contributed by atoms with Crippen LogP contribution in [-0.2, 0) is 9.53 Å². The Balaban J connectivity index is 2.79. The van der Waals surface area contributed by atoms with E-state index in [-0.39, 0.29) is 12.4 Å². The van der Waals surface area contributed by atoms with Gasteiger partial charge in [0.15, 0.2) is 0 Å². The molecule has 1 aromatic carbocycles. The maximum absolute atomic E-state index is 11.8. The molecule has 0 heterocycles. The molecular formula is C15H21NO4. The fourth-order valence-corrected chi connectivity index (χ4v) is 1.81. The molecule has 0 aliphatic rings. The Morgan fingerprint density at radius 2 is 2.05 bits per heavy atom. The van der Waals surface area contributed by atoms with Crippen LogP contribution >= 0.6 is 0 Å². The molecule has 0 aliphatic carbocycles. The molecule has 1 rings (SSSR count). The van der Waals surface area contributed by atoms with E-state index in [2.05, 4.69) is 0 Å². The minimum atomic E-state index is -0.832. The van der Waals surface area contributed by atoms with Gasteiger partial charge in [-0.15, -0.1) is 0 Å². The van der Waals surface area contributed by atoms with Crippen LogP contribution in [0, 0.1) is 0 Å². The van der Waals surface area contributed by atoms with Crippen molar-refractivity contribution < 1.29 is 19.4 Å². The molecule has 0 spiro atoms. The number of rotatable bonds is 8. The van der Waals surface area contributed by atoms with Crippen LogP contribution in [-0.4, -0.2) is 36.7 Å². The minimum absolute atomic E-state index is 0.0678. The standard InChI is InChI=1S/C15H21NO4/c1-3-10-20-15(19)12-6-5-7-13(11-12)16(4-2)9-8-14(17)18/h5-7,11H,3-4,8-10H2,1-2H3,(H,17,18). The summed E-state index contributed by atoms with van der Waals surface area (Å²) in [5, 5.41) is 8.74. The summed E-state index contributed by atoms with van der Waals surface area (Å²) in [6, 6.07) is 7.08. The van der Waals surface area contributed by atoms with Gasteiger partial charge in [-0.3, -0.25) is 4.79 Å². The van der Waals surface area contributed by atoms with Crippen LogP contribution in [0.3, 0.4) is 0 Å². The molecule has 0 amide bonds. The van der Waals surface area contributed by atoms with E-state index >= 15 is 0 Å². The van der Waals surface area contributed by atoms with Crippen LogP contribution in [0.1, 0.15) is 37.0 Å². The highest BCUT2D eigenvalue weighted by molar-refractivity contribution is 5.90. The van der Waals surface area contributed by atoms with Crippen molar-refractivity contribution in [3.63, 3.8) is 0 Å². The summed E-state index contributed by atoms with van der Waals surface area (Å²) < 4.78 is 5.09. The van der Waals surface area contributed by atoms with E-state index in [1.807, 2.05) is 24.8 Å². The van der Waals surface area contributed by atoms with E-state index in [0.717, 1.165) is 12.1 Å². The molecule has 1 N–H and O–H groups in total. The number of anilines is 1. The van der Waals surface area contributed by atoms with Gasteiger partial charge < -0.3 is 14.7 Å². The summed E-state index contributed by atoms with van der Waals surface area (Å²) in [6.45, 7) is 5.39. The summed E-state index contributed by atoms with van der Waals surface area (Å²) >= 11 is 0. The second-order valence-electron chi connectivity index (χ2n) is 4.41. The van der Waals surface area contributed by atoms with Crippen LogP contribution in [0.4, 0.5) is 5.69 Å². The fourth-order valence-electron chi connectivity index (χ4n) is 1.81. The molecule has 1 aromatic rings. The van der Waals surface area contributed by atoms with Crippen molar-refractivity contribution in [1.82, 2.24) is 0 Å². The van der Waals surface area contributed by atoms with Gasteiger partial charge in [0.1, 0.15) is 0 Å². The van der Waals surface area contributed by atoms with Crippen LogP contribution in [0.15, 0.2) is 24.3 Å². The van der Waals surface area contributed by atoms with E-state index in [1.54, 1.807) is 18.2 Å². The monoisotopic (exact) mass is 279 g/mol. The van der Waals surface area contributed by atoms with Gasteiger partial charge in [-0.2, -0.15) is 0 Å². The Hall–Kier alpha value is -2.04. The predicted octanol–water partition coefficient (Wildman–Crippen LogP) is 2.55. The highest BCUT2D eigenvalue weighted by Crippen LogP contribution is 2.17. The van der Waals surface area contributed by atoms with Gasteiger partial charge in [0.2, 0.25) is 0 Å². The SMILES string of the molecule is CCCOC(=O)c1cccc(N(CC)CCC(=O)O)c1. The number of carbonyl (C=O) groups excluding carboxylic acids is 1. The summed E-state index contributed by atoms with van der Waals surface area (Å²) in [7, 11) is 0.